The molecule has 0 bridgehead atoms. The standard InChI is InChI=1S/C31H29N5O2/c1-22-11-13-23(14-12-22)21-35-30(38)26-9-5-6-10-27(26)36-28(32-33-31(35)36)15-16-29(37)34-19-17-25(18-20-34)24-7-3-2-4-8-24/h2-14,17H,15-16,18-21H2,1H3. The fourth-order valence-electron chi connectivity index (χ4n) is 5.18. The number of rotatable bonds is 6. The van der Waals surface area contributed by atoms with Gasteiger partial charge >= 0.3 is 0 Å². The number of nitrogens with zero attached hydrogens (tertiary/aromatic N) is 5. The van der Waals surface area contributed by atoms with Crippen LogP contribution in [0.3, 0.4) is 0 Å². The van der Waals surface area contributed by atoms with Crippen LogP contribution < -0.4 is 5.56 Å². The van der Waals surface area contributed by atoms with E-state index >= 15 is 0 Å². The minimum Gasteiger partial charge on any atom is -0.339 e. The number of aromatic nitrogens is 4. The average Bonchev–Trinajstić information content (AvgIpc) is 3.39. The Kier molecular flexibility index (Phi) is 6.33. The third-order valence-electron chi connectivity index (χ3n) is 7.31. The summed E-state index contributed by atoms with van der Waals surface area (Å²) in [5.41, 5.74) is 5.35. The lowest BCUT2D eigenvalue weighted by Crippen LogP contribution is -2.34. The minimum absolute atomic E-state index is 0.0991. The third kappa shape index (κ3) is 4.52. The summed E-state index contributed by atoms with van der Waals surface area (Å²) in [5.74, 6) is 1.27. The first-order chi connectivity index (χ1) is 18.6. The Morgan fingerprint density at radius 3 is 2.45 bits per heavy atom. The van der Waals surface area contributed by atoms with E-state index in [1.165, 1.54) is 16.7 Å². The van der Waals surface area contributed by atoms with E-state index in [-0.39, 0.29) is 11.5 Å². The van der Waals surface area contributed by atoms with Crippen molar-refractivity contribution >= 4 is 28.2 Å². The number of fused-ring (bicyclic) bond motifs is 3. The first kappa shape index (κ1) is 23.9. The Balaban J connectivity index is 1.26. The second-order valence-corrected chi connectivity index (χ2v) is 9.83. The van der Waals surface area contributed by atoms with Crippen molar-refractivity contribution in [1.82, 2.24) is 24.1 Å². The molecule has 38 heavy (non-hydrogen) atoms. The van der Waals surface area contributed by atoms with Crippen LogP contribution in [0.4, 0.5) is 0 Å². The fourth-order valence-corrected chi connectivity index (χ4v) is 5.18. The molecule has 6 rings (SSSR count). The molecule has 2 aromatic heterocycles. The summed E-state index contributed by atoms with van der Waals surface area (Å²) in [5, 5.41) is 9.47. The zero-order valence-electron chi connectivity index (χ0n) is 21.4. The molecule has 7 nitrogen and oxygen atoms in total. The van der Waals surface area contributed by atoms with Crippen LogP contribution in [0.5, 0.6) is 0 Å². The van der Waals surface area contributed by atoms with Gasteiger partial charge < -0.3 is 4.90 Å². The van der Waals surface area contributed by atoms with Gasteiger partial charge in [-0.25, -0.2) is 0 Å². The van der Waals surface area contributed by atoms with Crippen molar-refractivity contribution in [2.24, 2.45) is 0 Å². The molecule has 3 aromatic carbocycles. The highest BCUT2D eigenvalue weighted by Crippen LogP contribution is 2.23. The summed E-state index contributed by atoms with van der Waals surface area (Å²) in [4.78, 5) is 28.5. The van der Waals surface area contributed by atoms with Crippen LogP contribution in [-0.4, -0.2) is 43.1 Å². The van der Waals surface area contributed by atoms with E-state index in [1.54, 1.807) is 4.57 Å². The summed E-state index contributed by atoms with van der Waals surface area (Å²) in [6.45, 7) is 3.76. The summed E-state index contributed by atoms with van der Waals surface area (Å²) in [6, 6.07) is 26.0. The van der Waals surface area contributed by atoms with Gasteiger partial charge in [-0.15, -0.1) is 10.2 Å². The smallest absolute Gasteiger partial charge is 0.263 e. The second-order valence-electron chi connectivity index (χ2n) is 9.83. The van der Waals surface area contributed by atoms with Gasteiger partial charge in [0.1, 0.15) is 5.82 Å². The average molecular weight is 504 g/mol. The topological polar surface area (TPSA) is 72.5 Å². The number of aryl methyl sites for hydroxylation is 2. The Bertz CT molecular complexity index is 1720. The lowest BCUT2D eigenvalue weighted by atomic mass is 9.99. The van der Waals surface area contributed by atoms with Gasteiger partial charge in [0.05, 0.1) is 17.4 Å². The van der Waals surface area contributed by atoms with Gasteiger partial charge in [-0.3, -0.25) is 18.6 Å². The molecule has 5 aromatic rings. The highest BCUT2D eigenvalue weighted by molar-refractivity contribution is 5.81. The number of hydrogen-bond donors (Lipinski definition) is 0. The Hall–Kier alpha value is -4.52. The molecule has 3 heterocycles. The lowest BCUT2D eigenvalue weighted by Gasteiger charge is -2.26. The maximum atomic E-state index is 13.4. The molecule has 0 N–H and O–H groups in total. The molecular weight excluding hydrogens is 474 g/mol. The quantitative estimate of drug-likeness (QED) is 0.338. The molecule has 1 aliphatic heterocycles. The van der Waals surface area contributed by atoms with Crippen molar-refractivity contribution in [2.45, 2.75) is 32.7 Å². The Morgan fingerprint density at radius 2 is 1.68 bits per heavy atom. The fraction of sp³-hybridized carbons (Fsp3) is 0.226. The molecule has 0 unspecified atom stereocenters. The van der Waals surface area contributed by atoms with Gasteiger partial charge in [0.25, 0.3) is 5.56 Å². The molecule has 0 radical (unpaired) electrons. The maximum Gasteiger partial charge on any atom is 0.263 e. The maximum absolute atomic E-state index is 13.4. The van der Waals surface area contributed by atoms with Crippen LogP contribution in [0.25, 0.3) is 22.3 Å². The van der Waals surface area contributed by atoms with Crippen LogP contribution >= 0.6 is 0 Å². The van der Waals surface area contributed by atoms with Crippen LogP contribution in [0, 0.1) is 6.92 Å². The zero-order valence-corrected chi connectivity index (χ0v) is 21.4. The number of carbonyl (C=O) groups is 1. The number of carbonyl (C=O) groups excluding carboxylic acids is 1. The highest BCUT2D eigenvalue weighted by atomic mass is 16.2. The van der Waals surface area contributed by atoms with E-state index in [2.05, 4.69) is 28.4 Å². The lowest BCUT2D eigenvalue weighted by molar-refractivity contribution is -0.130. The van der Waals surface area contributed by atoms with Crippen LogP contribution in [-0.2, 0) is 17.8 Å². The van der Waals surface area contributed by atoms with Crippen molar-refractivity contribution in [3.8, 4) is 0 Å². The summed E-state index contributed by atoms with van der Waals surface area (Å²) >= 11 is 0. The van der Waals surface area contributed by atoms with E-state index in [0.29, 0.717) is 49.5 Å². The summed E-state index contributed by atoms with van der Waals surface area (Å²) < 4.78 is 3.60. The largest absolute Gasteiger partial charge is 0.339 e. The SMILES string of the molecule is Cc1ccc(Cn2c(=O)c3ccccc3n3c(CCC(=O)N4CC=C(c5ccccc5)CC4)nnc23)cc1. The first-order valence-corrected chi connectivity index (χ1v) is 13.0. The second kappa shape index (κ2) is 10.1. The molecule has 7 heteroatoms. The van der Waals surface area contributed by atoms with E-state index in [0.717, 1.165) is 17.5 Å². The van der Waals surface area contributed by atoms with Gasteiger partial charge in [-0.2, -0.15) is 0 Å². The minimum atomic E-state index is -0.0991. The predicted molar refractivity (Wildman–Crippen MR) is 149 cm³/mol. The normalized spacial score (nSPS) is 13.7. The number of amides is 1. The molecule has 1 aliphatic rings. The van der Waals surface area contributed by atoms with Gasteiger partial charge in [0.15, 0.2) is 0 Å². The highest BCUT2D eigenvalue weighted by Gasteiger charge is 2.21. The van der Waals surface area contributed by atoms with Crippen molar-refractivity contribution in [3.05, 3.63) is 118 Å². The summed E-state index contributed by atoms with van der Waals surface area (Å²) in [7, 11) is 0. The molecular formula is C31H29N5O2. The first-order valence-electron chi connectivity index (χ1n) is 13.0. The number of hydrogen-bond acceptors (Lipinski definition) is 4. The molecule has 0 saturated carbocycles. The zero-order chi connectivity index (χ0) is 26.1. The molecule has 0 saturated heterocycles. The van der Waals surface area contributed by atoms with Crippen molar-refractivity contribution in [2.75, 3.05) is 13.1 Å². The number of benzene rings is 3. The van der Waals surface area contributed by atoms with Crippen molar-refractivity contribution < 1.29 is 4.79 Å². The Morgan fingerprint density at radius 1 is 0.921 bits per heavy atom. The monoisotopic (exact) mass is 503 g/mol. The molecule has 0 aliphatic carbocycles. The van der Waals surface area contributed by atoms with Crippen LogP contribution in [0.2, 0.25) is 0 Å². The molecule has 0 fully saturated rings. The van der Waals surface area contributed by atoms with E-state index in [1.807, 2.05) is 83.0 Å². The van der Waals surface area contributed by atoms with Gasteiger partial charge in [-0.1, -0.05) is 78.4 Å². The van der Waals surface area contributed by atoms with Crippen molar-refractivity contribution in [1.29, 1.82) is 0 Å². The van der Waals surface area contributed by atoms with E-state index in [4.69, 9.17) is 0 Å². The van der Waals surface area contributed by atoms with Crippen molar-refractivity contribution in [3.63, 3.8) is 0 Å². The van der Waals surface area contributed by atoms with Crippen LogP contribution in [0.1, 0.15) is 35.4 Å². The summed E-state index contributed by atoms with van der Waals surface area (Å²) in [6.07, 6.45) is 3.78. The third-order valence-corrected chi connectivity index (χ3v) is 7.31. The molecule has 0 spiro atoms. The predicted octanol–water partition coefficient (Wildman–Crippen LogP) is 4.65. The molecule has 190 valence electrons. The van der Waals surface area contributed by atoms with E-state index < -0.39 is 0 Å². The molecule has 0 atom stereocenters. The van der Waals surface area contributed by atoms with Gasteiger partial charge in [0.2, 0.25) is 11.7 Å². The molecule has 1 amide bonds. The Labute approximate surface area is 220 Å². The van der Waals surface area contributed by atoms with Gasteiger partial charge in [-0.05, 0) is 42.2 Å². The van der Waals surface area contributed by atoms with Gasteiger partial charge in [0, 0.05) is 25.9 Å². The van der Waals surface area contributed by atoms with E-state index in [9.17, 15) is 9.59 Å². The van der Waals surface area contributed by atoms with Crippen LogP contribution in [0.15, 0.2) is 89.7 Å². The number of para-hydroxylation sites is 1.